The number of halogens is 1. The van der Waals surface area contributed by atoms with E-state index < -0.39 is 0 Å². The first-order valence-electron chi connectivity index (χ1n) is 9.27. The van der Waals surface area contributed by atoms with E-state index in [1.165, 1.54) is 0 Å². The Hall–Kier alpha value is -3.03. The number of hydrogen-bond acceptors (Lipinski definition) is 7. The van der Waals surface area contributed by atoms with Crippen LogP contribution in [0.2, 0.25) is 5.02 Å². The van der Waals surface area contributed by atoms with Gasteiger partial charge in [0.25, 0.3) is 0 Å². The number of anilines is 1. The molecule has 3 N–H and O–H groups in total. The van der Waals surface area contributed by atoms with Crippen LogP contribution in [0.15, 0.2) is 41.1 Å². The van der Waals surface area contributed by atoms with Crippen LogP contribution in [0.5, 0.6) is 0 Å². The highest BCUT2D eigenvalue weighted by Gasteiger charge is 2.10. The number of pyridine rings is 2. The van der Waals surface area contributed by atoms with Crippen LogP contribution in [-0.4, -0.2) is 20.1 Å². The number of nitrogens with zero attached hydrogens (tertiary/aromatic N) is 4. The zero-order chi connectivity index (χ0) is 20.4. The standard InChI is InChI=1S/C21H21ClN6O/c1-12-5-19(23)26-13(2)17(12)10-24-11-21-27-20(28-29-21)7-14-3-4-18-15(6-14)8-16(22)9-25-18/h3-6,8-9,24H,7,10-11H2,1-2H3,(H2,23,26). The monoisotopic (exact) mass is 408 g/mol. The molecule has 0 aliphatic heterocycles. The van der Waals surface area contributed by atoms with Gasteiger partial charge in [0.15, 0.2) is 5.82 Å². The fourth-order valence-electron chi connectivity index (χ4n) is 3.33. The summed E-state index contributed by atoms with van der Waals surface area (Å²) in [5.74, 6) is 1.72. The molecule has 0 atom stereocenters. The number of fused-ring (bicyclic) bond motifs is 1. The average molecular weight is 409 g/mol. The second-order valence-corrected chi connectivity index (χ2v) is 7.43. The summed E-state index contributed by atoms with van der Waals surface area (Å²) in [4.78, 5) is 13.1. The van der Waals surface area contributed by atoms with Crippen LogP contribution in [0.4, 0.5) is 5.82 Å². The molecule has 29 heavy (non-hydrogen) atoms. The van der Waals surface area contributed by atoms with E-state index >= 15 is 0 Å². The highest BCUT2D eigenvalue weighted by atomic mass is 35.5. The van der Waals surface area contributed by atoms with Crippen LogP contribution in [0.1, 0.15) is 34.1 Å². The van der Waals surface area contributed by atoms with Crippen molar-refractivity contribution in [1.29, 1.82) is 0 Å². The van der Waals surface area contributed by atoms with Crippen molar-refractivity contribution in [2.24, 2.45) is 0 Å². The minimum atomic E-state index is 0.480. The molecule has 4 aromatic rings. The van der Waals surface area contributed by atoms with E-state index in [2.05, 4.69) is 25.4 Å². The number of benzene rings is 1. The number of nitrogen functional groups attached to an aromatic ring is 1. The normalized spacial score (nSPS) is 11.3. The minimum absolute atomic E-state index is 0.480. The Labute approximate surface area is 173 Å². The molecular formula is C21H21ClN6O. The van der Waals surface area contributed by atoms with Gasteiger partial charge in [-0.05, 0) is 54.8 Å². The lowest BCUT2D eigenvalue weighted by Crippen LogP contribution is -2.15. The fraction of sp³-hybridized carbons (Fsp3) is 0.238. The van der Waals surface area contributed by atoms with Crippen molar-refractivity contribution >= 4 is 28.3 Å². The van der Waals surface area contributed by atoms with E-state index in [-0.39, 0.29) is 0 Å². The largest absolute Gasteiger partial charge is 0.384 e. The molecule has 0 amide bonds. The van der Waals surface area contributed by atoms with Gasteiger partial charge in [0.2, 0.25) is 5.89 Å². The quantitative estimate of drug-likeness (QED) is 0.500. The lowest BCUT2D eigenvalue weighted by Gasteiger charge is -2.10. The van der Waals surface area contributed by atoms with Crippen LogP contribution >= 0.6 is 11.6 Å². The van der Waals surface area contributed by atoms with Crippen molar-refractivity contribution in [3.8, 4) is 0 Å². The van der Waals surface area contributed by atoms with Crippen molar-refractivity contribution < 1.29 is 4.52 Å². The molecule has 3 heterocycles. The molecule has 1 aromatic carbocycles. The summed E-state index contributed by atoms with van der Waals surface area (Å²) in [7, 11) is 0. The van der Waals surface area contributed by atoms with Crippen molar-refractivity contribution in [3.05, 3.63) is 75.7 Å². The van der Waals surface area contributed by atoms with Crippen molar-refractivity contribution in [1.82, 2.24) is 25.4 Å². The molecular weight excluding hydrogens is 388 g/mol. The van der Waals surface area contributed by atoms with Gasteiger partial charge in [0.05, 0.1) is 17.1 Å². The number of hydrogen-bond donors (Lipinski definition) is 2. The van der Waals surface area contributed by atoms with Gasteiger partial charge in [0, 0.05) is 30.2 Å². The van der Waals surface area contributed by atoms with Gasteiger partial charge in [-0.3, -0.25) is 4.98 Å². The smallest absolute Gasteiger partial charge is 0.240 e. The second kappa shape index (κ2) is 8.14. The number of rotatable bonds is 6. The number of aromatic nitrogens is 4. The minimum Gasteiger partial charge on any atom is -0.384 e. The topological polar surface area (TPSA) is 103 Å². The number of nitrogens with one attached hydrogen (secondary N) is 1. The Morgan fingerprint density at radius 2 is 1.97 bits per heavy atom. The van der Waals surface area contributed by atoms with E-state index in [9.17, 15) is 0 Å². The van der Waals surface area contributed by atoms with Gasteiger partial charge < -0.3 is 15.6 Å². The van der Waals surface area contributed by atoms with Crippen molar-refractivity contribution in [3.63, 3.8) is 0 Å². The van der Waals surface area contributed by atoms with E-state index in [0.29, 0.717) is 42.1 Å². The Morgan fingerprint density at radius 1 is 1.10 bits per heavy atom. The summed E-state index contributed by atoms with van der Waals surface area (Å²) in [6.45, 7) is 5.12. The fourth-order valence-corrected chi connectivity index (χ4v) is 3.50. The van der Waals surface area contributed by atoms with Gasteiger partial charge in [-0.1, -0.05) is 22.8 Å². The molecule has 8 heteroatoms. The predicted octanol–water partition coefficient (Wildman–Crippen LogP) is 3.75. The van der Waals surface area contributed by atoms with Gasteiger partial charge in [-0.2, -0.15) is 4.98 Å². The van der Waals surface area contributed by atoms with Gasteiger partial charge in [-0.25, -0.2) is 4.98 Å². The van der Waals surface area contributed by atoms with Gasteiger partial charge in [0.1, 0.15) is 5.82 Å². The van der Waals surface area contributed by atoms with Crippen LogP contribution in [0.25, 0.3) is 10.9 Å². The molecule has 0 fully saturated rings. The van der Waals surface area contributed by atoms with Crippen molar-refractivity contribution in [2.75, 3.05) is 5.73 Å². The summed E-state index contributed by atoms with van der Waals surface area (Å²) in [5, 5.41) is 9.02. The molecule has 0 aliphatic rings. The summed E-state index contributed by atoms with van der Waals surface area (Å²) < 4.78 is 5.37. The molecule has 0 unspecified atom stereocenters. The molecule has 0 spiro atoms. The van der Waals surface area contributed by atoms with Gasteiger partial charge >= 0.3 is 0 Å². The number of nitrogens with two attached hydrogens (primary N) is 1. The summed E-state index contributed by atoms with van der Waals surface area (Å²) in [6, 6.07) is 9.80. The Morgan fingerprint density at radius 3 is 2.79 bits per heavy atom. The zero-order valence-corrected chi connectivity index (χ0v) is 17.0. The first-order chi connectivity index (χ1) is 14.0. The maximum Gasteiger partial charge on any atom is 0.240 e. The third kappa shape index (κ3) is 4.52. The molecule has 0 saturated carbocycles. The first kappa shape index (κ1) is 19.3. The molecule has 3 aromatic heterocycles. The van der Waals surface area contributed by atoms with E-state index in [1.807, 2.05) is 44.2 Å². The van der Waals surface area contributed by atoms with E-state index in [0.717, 1.165) is 33.3 Å². The summed E-state index contributed by atoms with van der Waals surface area (Å²) >= 11 is 6.04. The summed E-state index contributed by atoms with van der Waals surface area (Å²) in [5.41, 5.74) is 10.9. The van der Waals surface area contributed by atoms with E-state index in [4.69, 9.17) is 21.9 Å². The van der Waals surface area contributed by atoms with Crippen LogP contribution < -0.4 is 11.1 Å². The van der Waals surface area contributed by atoms with Crippen molar-refractivity contribution in [2.45, 2.75) is 33.4 Å². The SMILES string of the molecule is Cc1cc(N)nc(C)c1CNCc1nc(Cc2ccc3ncc(Cl)cc3c2)no1. The molecule has 148 valence electrons. The predicted molar refractivity (Wildman–Crippen MR) is 113 cm³/mol. The van der Waals surface area contributed by atoms with E-state index in [1.54, 1.807) is 6.20 Å². The lowest BCUT2D eigenvalue weighted by molar-refractivity contribution is 0.363. The first-order valence-corrected chi connectivity index (χ1v) is 9.64. The maximum atomic E-state index is 6.04. The molecule has 0 bridgehead atoms. The zero-order valence-electron chi connectivity index (χ0n) is 16.2. The van der Waals surface area contributed by atoms with Crippen LogP contribution in [-0.2, 0) is 19.5 Å². The molecule has 0 radical (unpaired) electrons. The van der Waals surface area contributed by atoms with Crippen LogP contribution in [0, 0.1) is 13.8 Å². The molecule has 7 nitrogen and oxygen atoms in total. The Kier molecular flexibility index (Phi) is 5.42. The lowest BCUT2D eigenvalue weighted by atomic mass is 10.1. The molecule has 0 saturated heterocycles. The Bertz CT molecular complexity index is 1150. The summed E-state index contributed by atoms with van der Waals surface area (Å²) in [6.07, 6.45) is 2.22. The second-order valence-electron chi connectivity index (χ2n) is 6.99. The van der Waals surface area contributed by atoms with Crippen LogP contribution in [0.3, 0.4) is 0 Å². The molecule has 4 rings (SSSR count). The number of aryl methyl sites for hydroxylation is 2. The maximum absolute atomic E-state index is 6.04. The third-order valence-corrected chi connectivity index (χ3v) is 4.94. The highest BCUT2D eigenvalue weighted by Crippen LogP contribution is 2.19. The third-order valence-electron chi connectivity index (χ3n) is 4.74. The van der Waals surface area contributed by atoms with Gasteiger partial charge in [-0.15, -0.1) is 0 Å². The Balaban J connectivity index is 1.39. The molecule has 0 aliphatic carbocycles. The highest BCUT2D eigenvalue weighted by molar-refractivity contribution is 6.31. The average Bonchev–Trinajstić information content (AvgIpc) is 3.10.